The molecule has 0 N–H and O–H groups in total. The number of carbonyl (C=O) groups is 1. The van der Waals surface area contributed by atoms with Gasteiger partial charge in [-0.15, -0.1) is 0 Å². The van der Waals surface area contributed by atoms with Gasteiger partial charge in [-0.1, -0.05) is 19.9 Å². The van der Waals surface area contributed by atoms with E-state index in [2.05, 4.69) is 13.8 Å². The van der Waals surface area contributed by atoms with E-state index in [-0.39, 0.29) is 12.0 Å². The maximum Gasteiger partial charge on any atom is 0.246 e. The van der Waals surface area contributed by atoms with Crippen molar-refractivity contribution in [2.45, 2.75) is 33.3 Å². The molecule has 0 radical (unpaired) electrons. The van der Waals surface area contributed by atoms with Crippen molar-refractivity contribution in [1.29, 1.82) is 0 Å². The van der Waals surface area contributed by atoms with Crippen LogP contribution in [0.25, 0.3) is 0 Å². The van der Waals surface area contributed by atoms with Crippen molar-refractivity contribution in [3.8, 4) is 0 Å². The first kappa shape index (κ1) is 12.2. The van der Waals surface area contributed by atoms with Crippen LogP contribution in [0.5, 0.6) is 0 Å². The zero-order chi connectivity index (χ0) is 11.3. The summed E-state index contributed by atoms with van der Waals surface area (Å²) in [4.78, 5) is 13.6. The number of rotatable bonds is 2. The van der Waals surface area contributed by atoms with Crippen LogP contribution >= 0.6 is 0 Å². The standard InChI is InChI=1S/C12H21NO2/c1-4-6-12(14)13-7-5-8-15-11(9-13)10(2)3/h4,6,10-11H,5,7-9H2,1-3H3/b6-4+. The predicted octanol–water partition coefficient (Wildman–Crippen LogP) is 1.84. The highest BCUT2D eigenvalue weighted by molar-refractivity contribution is 5.87. The number of hydrogen-bond donors (Lipinski definition) is 0. The summed E-state index contributed by atoms with van der Waals surface area (Å²) < 4.78 is 5.70. The monoisotopic (exact) mass is 211 g/mol. The smallest absolute Gasteiger partial charge is 0.246 e. The minimum absolute atomic E-state index is 0.105. The molecule has 86 valence electrons. The molecule has 3 heteroatoms. The minimum atomic E-state index is 0.105. The van der Waals surface area contributed by atoms with Crippen LogP contribution in [0.3, 0.4) is 0 Å². The van der Waals surface area contributed by atoms with Crippen molar-refractivity contribution < 1.29 is 9.53 Å². The van der Waals surface area contributed by atoms with Gasteiger partial charge in [0.05, 0.1) is 6.10 Å². The molecular weight excluding hydrogens is 190 g/mol. The van der Waals surface area contributed by atoms with Gasteiger partial charge in [0.25, 0.3) is 0 Å². The number of carbonyl (C=O) groups excluding carboxylic acids is 1. The lowest BCUT2D eigenvalue weighted by atomic mass is 10.1. The molecule has 0 aromatic rings. The summed E-state index contributed by atoms with van der Waals surface area (Å²) >= 11 is 0. The van der Waals surface area contributed by atoms with Crippen molar-refractivity contribution in [2.24, 2.45) is 5.92 Å². The molecular formula is C12H21NO2. The highest BCUT2D eigenvalue weighted by Crippen LogP contribution is 2.13. The second-order valence-electron chi connectivity index (χ2n) is 4.29. The Kier molecular flexibility index (Phi) is 4.82. The Labute approximate surface area is 92.1 Å². The zero-order valence-corrected chi connectivity index (χ0v) is 9.90. The molecule has 0 spiro atoms. The van der Waals surface area contributed by atoms with Crippen molar-refractivity contribution in [3.63, 3.8) is 0 Å². The van der Waals surface area contributed by atoms with E-state index in [0.29, 0.717) is 5.92 Å². The summed E-state index contributed by atoms with van der Waals surface area (Å²) in [6.45, 7) is 8.43. The van der Waals surface area contributed by atoms with Gasteiger partial charge >= 0.3 is 0 Å². The quantitative estimate of drug-likeness (QED) is 0.652. The maximum atomic E-state index is 11.7. The van der Waals surface area contributed by atoms with E-state index in [9.17, 15) is 4.79 Å². The van der Waals surface area contributed by atoms with Gasteiger partial charge in [-0.3, -0.25) is 4.79 Å². The summed E-state index contributed by atoms with van der Waals surface area (Å²) in [5, 5.41) is 0. The Bertz CT molecular complexity index is 236. The van der Waals surface area contributed by atoms with Gasteiger partial charge in [0.1, 0.15) is 0 Å². The van der Waals surface area contributed by atoms with Crippen LogP contribution in [-0.2, 0) is 9.53 Å². The number of nitrogens with zero attached hydrogens (tertiary/aromatic N) is 1. The molecule has 1 atom stereocenters. The van der Waals surface area contributed by atoms with Crippen LogP contribution < -0.4 is 0 Å². The van der Waals surface area contributed by atoms with Gasteiger partial charge < -0.3 is 9.64 Å². The second kappa shape index (κ2) is 5.91. The summed E-state index contributed by atoms with van der Waals surface area (Å²) in [7, 11) is 0. The highest BCUT2D eigenvalue weighted by atomic mass is 16.5. The first-order valence-electron chi connectivity index (χ1n) is 5.68. The van der Waals surface area contributed by atoms with E-state index in [0.717, 1.165) is 26.1 Å². The molecule has 0 aromatic heterocycles. The third kappa shape index (κ3) is 3.67. The van der Waals surface area contributed by atoms with E-state index in [4.69, 9.17) is 4.74 Å². The van der Waals surface area contributed by atoms with Crippen LogP contribution in [0.2, 0.25) is 0 Å². The first-order chi connectivity index (χ1) is 7.15. The molecule has 1 aliphatic heterocycles. The Morgan fingerprint density at radius 1 is 1.53 bits per heavy atom. The van der Waals surface area contributed by atoms with Crippen molar-refractivity contribution in [1.82, 2.24) is 4.90 Å². The van der Waals surface area contributed by atoms with E-state index in [1.54, 1.807) is 12.2 Å². The molecule has 1 fully saturated rings. The highest BCUT2D eigenvalue weighted by Gasteiger charge is 2.23. The minimum Gasteiger partial charge on any atom is -0.376 e. The fraction of sp³-hybridized carbons (Fsp3) is 0.750. The van der Waals surface area contributed by atoms with Crippen LogP contribution in [0, 0.1) is 5.92 Å². The van der Waals surface area contributed by atoms with Crippen LogP contribution in [0.1, 0.15) is 27.2 Å². The van der Waals surface area contributed by atoms with E-state index in [1.165, 1.54) is 0 Å². The Morgan fingerprint density at radius 2 is 2.27 bits per heavy atom. The topological polar surface area (TPSA) is 29.5 Å². The molecule has 1 amide bonds. The van der Waals surface area contributed by atoms with Crippen molar-refractivity contribution >= 4 is 5.91 Å². The molecule has 1 rings (SSSR count). The fourth-order valence-corrected chi connectivity index (χ4v) is 1.70. The van der Waals surface area contributed by atoms with Gasteiger partial charge in [-0.25, -0.2) is 0 Å². The Balaban J connectivity index is 2.60. The largest absolute Gasteiger partial charge is 0.376 e. The fourth-order valence-electron chi connectivity index (χ4n) is 1.70. The van der Waals surface area contributed by atoms with E-state index < -0.39 is 0 Å². The summed E-state index contributed by atoms with van der Waals surface area (Å²) in [5.41, 5.74) is 0. The van der Waals surface area contributed by atoms with Gasteiger partial charge in [-0.2, -0.15) is 0 Å². The molecule has 15 heavy (non-hydrogen) atoms. The molecule has 1 aliphatic rings. The molecule has 1 unspecified atom stereocenters. The maximum absolute atomic E-state index is 11.7. The Hall–Kier alpha value is -0.830. The summed E-state index contributed by atoms with van der Waals surface area (Å²) in [6.07, 6.45) is 4.54. The number of hydrogen-bond acceptors (Lipinski definition) is 2. The van der Waals surface area contributed by atoms with E-state index in [1.807, 2.05) is 11.8 Å². The predicted molar refractivity (Wildman–Crippen MR) is 60.6 cm³/mol. The average Bonchev–Trinajstić information content (AvgIpc) is 2.43. The lowest BCUT2D eigenvalue weighted by Gasteiger charge is -2.25. The van der Waals surface area contributed by atoms with Crippen LogP contribution in [-0.4, -0.2) is 36.6 Å². The third-order valence-electron chi connectivity index (χ3n) is 2.67. The first-order valence-corrected chi connectivity index (χ1v) is 5.68. The third-order valence-corrected chi connectivity index (χ3v) is 2.67. The molecule has 1 saturated heterocycles. The molecule has 0 aromatic carbocycles. The lowest BCUT2D eigenvalue weighted by molar-refractivity contribution is -0.127. The van der Waals surface area contributed by atoms with Crippen molar-refractivity contribution in [2.75, 3.05) is 19.7 Å². The summed E-state index contributed by atoms with van der Waals surface area (Å²) in [6, 6.07) is 0. The summed E-state index contributed by atoms with van der Waals surface area (Å²) in [5.74, 6) is 0.567. The van der Waals surface area contributed by atoms with E-state index >= 15 is 0 Å². The molecule has 1 heterocycles. The van der Waals surface area contributed by atoms with Crippen LogP contribution in [0.4, 0.5) is 0 Å². The Morgan fingerprint density at radius 3 is 2.87 bits per heavy atom. The SMILES string of the molecule is C/C=C/C(=O)N1CCCOC(C(C)C)C1. The van der Waals surface area contributed by atoms with Crippen molar-refractivity contribution in [3.05, 3.63) is 12.2 Å². The lowest BCUT2D eigenvalue weighted by Crippen LogP contribution is -2.37. The van der Waals surface area contributed by atoms with Gasteiger partial charge in [-0.05, 0) is 25.3 Å². The molecule has 3 nitrogen and oxygen atoms in total. The number of allylic oxidation sites excluding steroid dienone is 1. The average molecular weight is 211 g/mol. The number of ether oxygens (including phenoxy) is 1. The van der Waals surface area contributed by atoms with Gasteiger partial charge in [0.15, 0.2) is 0 Å². The van der Waals surface area contributed by atoms with Gasteiger partial charge in [0.2, 0.25) is 5.91 Å². The normalized spacial score (nSPS) is 23.5. The zero-order valence-electron chi connectivity index (χ0n) is 9.90. The number of amides is 1. The van der Waals surface area contributed by atoms with Gasteiger partial charge in [0, 0.05) is 19.7 Å². The second-order valence-corrected chi connectivity index (χ2v) is 4.29. The van der Waals surface area contributed by atoms with Crippen LogP contribution in [0.15, 0.2) is 12.2 Å². The molecule has 0 aliphatic carbocycles. The molecule has 0 saturated carbocycles. The molecule has 0 bridgehead atoms.